The molecule has 0 aliphatic carbocycles. The van der Waals surface area contributed by atoms with E-state index in [1.54, 1.807) is 31.3 Å². The topological polar surface area (TPSA) is 113 Å². The molecular formula is C29H26ClF3N6O4S. The summed E-state index contributed by atoms with van der Waals surface area (Å²) in [6.07, 6.45) is 4.45. The fraction of sp³-hybridized carbons (Fsp3) is 0.241. The van der Waals surface area contributed by atoms with Crippen LogP contribution in [0.1, 0.15) is 17.0 Å². The van der Waals surface area contributed by atoms with E-state index in [1.165, 1.54) is 36.7 Å². The molecule has 0 fully saturated rings. The van der Waals surface area contributed by atoms with Gasteiger partial charge in [0.05, 0.1) is 32.3 Å². The maximum atomic E-state index is 14.2. The summed E-state index contributed by atoms with van der Waals surface area (Å²) in [4.78, 5) is 31.8. The monoisotopic (exact) mass is 646 g/mol. The Bertz CT molecular complexity index is 2160. The molecule has 15 heteroatoms. The van der Waals surface area contributed by atoms with Crippen molar-refractivity contribution in [1.82, 2.24) is 23.9 Å². The summed E-state index contributed by atoms with van der Waals surface area (Å²) in [5, 5.41) is 4.47. The van der Waals surface area contributed by atoms with Crippen LogP contribution in [0, 0.1) is 17.5 Å². The molecule has 2 aromatic heterocycles. The first-order valence-electron chi connectivity index (χ1n) is 13.0. The van der Waals surface area contributed by atoms with Crippen LogP contribution in [0.5, 0.6) is 5.75 Å². The molecule has 0 unspecified atom stereocenters. The van der Waals surface area contributed by atoms with Crippen molar-refractivity contribution in [3.8, 4) is 16.9 Å². The maximum absolute atomic E-state index is 14.2. The molecule has 0 saturated carbocycles. The Labute approximate surface area is 254 Å². The van der Waals surface area contributed by atoms with Gasteiger partial charge in [-0.3, -0.25) is 22.8 Å². The van der Waals surface area contributed by atoms with Crippen LogP contribution in [0.25, 0.3) is 22.0 Å². The van der Waals surface area contributed by atoms with E-state index in [2.05, 4.69) is 14.4 Å². The molecular weight excluding hydrogens is 621 g/mol. The summed E-state index contributed by atoms with van der Waals surface area (Å²) in [5.74, 6) is -4.25. The lowest BCUT2D eigenvalue weighted by molar-refractivity contribution is 0.418. The molecule has 0 aliphatic rings. The number of halogens is 4. The van der Waals surface area contributed by atoms with Crippen LogP contribution in [0.2, 0.25) is 5.02 Å². The first-order valence-corrected chi connectivity index (χ1v) is 15.7. The molecule has 44 heavy (non-hydrogen) atoms. The lowest BCUT2D eigenvalue weighted by Gasteiger charge is -2.18. The zero-order chi connectivity index (χ0) is 31.9. The van der Waals surface area contributed by atoms with Crippen molar-refractivity contribution in [3.05, 3.63) is 109 Å². The third-order valence-electron chi connectivity index (χ3n) is 6.74. The van der Waals surface area contributed by atoms with E-state index in [9.17, 15) is 27.0 Å². The number of aromatic nitrogens is 5. The summed E-state index contributed by atoms with van der Waals surface area (Å²) in [5.41, 5.74) is 0.0982. The van der Waals surface area contributed by atoms with Crippen molar-refractivity contribution in [2.75, 3.05) is 19.6 Å². The Kier molecular flexibility index (Phi) is 8.40. The minimum Gasteiger partial charge on any atom is -0.496 e. The van der Waals surface area contributed by atoms with Crippen LogP contribution in [0.4, 0.5) is 13.2 Å². The molecule has 2 heterocycles. The zero-order valence-electron chi connectivity index (χ0n) is 24.0. The van der Waals surface area contributed by atoms with Gasteiger partial charge in [-0.25, -0.2) is 27.3 Å². The molecule has 230 valence electrons. The lowest BCUT2D eigenvalue weighted by Crippen LogP contribution is -2.41. The quantitative estimate of drug-likeness (QED) is 0.232. The van der Waals surface area contributed by atoms with Gasteiger partial charge in [-0.15, -0.1) is 0 Å². The molecule has 5 rings (SSSR count). The fourth-order valence-electron chi connectivity index (χ4n) is 4.71. The van der Waals surface area contributed by atoms with Gasteiger partial charge < -0.3 is 4.74 Å². The number of hydrogen-bond donors (Lipinski definition) is 0. The summed E-state index contributed by atoms with van der Waals surface area (Å²) in [6.45, 7) is -0.583. The zero-order valence-corrected chi connectivity index (χ0v) is 25.5. The highest BCUT2D eigenvalue weighted by atomic mass is 35.5. The van der Waals surface area contributed by atoms with Gasteiger partial charge >= 0.3 is 5.69 Å². The Hall–Kier alpha value is -4.43. The van der Waals surface area contributed by atoms with Crippen LogP contribution in [-0.4, -0.2) is 47.7 Å². The third kappa shape index (κ3) is 6.26. The molecule has 0 N–H and O–H groups in total. The number of hydrogen-bond acceptors (Lipinski definition) is 7. The van der Waals surface area contributed by atoms with Crippen molar-refractivity contribution in [1.29, 1.82) is 0 Å². The van der Waals surface area contributed by atoms with E-state index in [4.69, 9.17) is 16.3 Å². The van der Waals surface area contributed by atoms with Crippen molar-refractivity contribution in [3.63, 3.8) is 0 Å². The van der Waals surface area contributed by atoms with E-state index >= 15 is 0 Å². The summed E-state index contributed by atoms with van der Waals surface area (Å²) < 4.78 is 67.4. The number of methoxy groups -OCH3 is 1. The lowest BCUT2D eigenvalue weighted by atomic mass is 10.0. The second kappa shape index (κ2) is 11.9. The van der Waals surface area contributed by atoms with Gasteiger partial charge in [-0.2, -0.15) is 5.10 Å². The first-order chi connectivity index (χ1) is 20.8. The molecule has 5 aromatic rings. The van der Waals surface area contributed by atoms with Gasteiger partial charge in [0.15, 0.2) is 23.3 Å². The van der Waals surface area contributed by atoms with Crippen molar-refractivity contribution >= 4 is 32.2 Å². The molecule has 0 amide bonds. The number of aryl methyl sites for hydroxylation is 1. The van der Waals surface area contributed by atoms with Gasteiger partial charge in [0.2, 0.25) is 0 Å². The predicted molar refractivity (Wildman–Crippen MR) is 161 cm³/mol. The Morgan fingerprint density at radius 3 is 2.30 bits per heavy atom. The van der Waals surface area contributed by atoms with E-state index in [1.807, 2.05) is 0 Å². The molecule has 3 aromatic carbocycles. The highest BCUT2D eigenvalue weighted by molar-refractivity contribution is 7.92. The average Bonchev–Trinajstić information content (AvgIpc) is 3.39. The third-order valence-corrected chi connectivity index (χ3v) is 7.82. The van der Waals surface area contributed by atoms with E-state index in [-0.39, 0.29) is 41.1 Å². The first kappa shape index (κ1) is 31.0. The van der Waals surface area contributed by atoms with E-state index < -0.39 is 45.0 Å². The largest absolute Gasteiger partial charge is 0.496 e. The Morgan fingerprint density at radius 2 is 1.68 bits per heavy atom. The van der Waals surface area contributed by atoms with Crippen LogP contribution in [-0.2, 0) is 36.4 Å². The minimum atomic E-state index is -2.37. The number of ether oxygens (including phenoxy) is 1. The summed E-state index contributed by atoms with van der Waals surface area (Å²) in [6, 6.07) is 9.76. The second-order valence-electron chi connectivity index (χ2n) is 10.3. The predicted octanol–water partition coefficient (Wildman–Crippen LogP) is 4.36. The summed E-state index contributed by atoms with van der Waals surface area (Å²) >= 11 is 6.57. The maximum Gasteiger partial charge on any atom is 0.332 e. The smallest absolute Gasteiger partial charge is 0.332 e. The molecule has 0 spiro atoms. The molecule has 0 atom stereocenters. The van der Waals surface area contributed by atoms with E-state index in [0.29, 0.717) is 21.7 Å². The number of rotatable bonds is 8. The normalized spacial score (nSPS) is 11.7. The molecule has 0 aliphatic heterocycles. The standard InChI is InChI=1S/C29H26ClF3N6O4S/c1-37-15-34-25(36-37)14-39-28(40)26-23(38(29(39)41)13-17-8-21(31)27(33)22(32)9-17)10-18(11-24(26)43-2)19-7-16(5-6-20(19)30)12-35-44(3,4)42/h5-11,15H,12-14H2,1-4H3. The number of nitrogens with zero attached hydrogens (tertiary/aromatic N) is 6. The van der Waals surface area contributed by atoms with Gasteiger partial charge in [-0.1, -0.05) is 17.7 Å². The van der Waals surface area contributed by atoms with Crippen LogP contribution < -0.4 is 16.0 Å². The van der Waals surface area contributed by atoms with Gasteiger partial charge in [0.25, 0.3) is 5.56 Å². The van der Waals surface area contributed by atoms with Gasteiger partial charge in [0, 0.05) is 39.9 Å². The highest BCUT2D eigenvalue weighted by Crippen LogP contribution is 2.35. The Balaban J connectivity index is 1.79. The Morgan fingerprint density at radius 1 is 0.977 bits per heavy atom. The van der Waals surface area contributed by atoms with Crippen molar-refractivity contribution in [2.45, 2.75) is 19.6 Å². The fourth-order valence-corrected chi connectivity index (χ4v) is 5.40. The molecule has 0 saturated heterocycles. The number of fused-ring (bicyclic) bond motifs is 1. The van der Waals surface area contributed by atoms with Gasteiger partial charge in [-0.05, 0) is 53.1 Å². The SMILES string of the molecule is COc1cc(-c2cc(CN=S(C)(C)=O)ccc2Cl)cc2c1c(=O)n(Cc1ncn(C)n1)c(=O)n2Cc1cc(F)c(F)c(F)c1. The second-order valence-corrected chi connectivity index (χ2v) is 13.4. The minimum absolute atomic E-state index is 0.00572. The van der Waals surface area contributed by atoms with Crippen LogP contribution in [0.3, 0.4) is 0 Å². The van der Waals surface area contributed by atoms with Gasteiger partial charge in [0.1, 0.15) is 17.5 Å². The van der Waals surface area contributed by atoms with E-state index in [0.717, 1.165) is 21.3 Å². The van der Waals surface area contributed by atoms with Crippen molar-refractivity contribution < 1.29 is 22.1 Å². The van der Waals surface area contributed by atoms with Crippen molar-refractivity contribution in [2.24, 2.45) is 11.4 Å². The average molecular weight is 647 g/mol. The molecule has 0 radical (unpaired) electrons. The summed E-state index contributed by atoms with van der Waals surface area (Å²) in [7, 11) is 0.599. The number of benzene rings is 3. The molecule has 10 nitrogen and oxygen atoms in total. The van der Waals surface area contributed by atoms with Crippen LogP contribution in [0.15, 0.2) is 62.7 Å². The molecule has 0 bridgehead atoms. The highest BCUT2D eigenvalue weighted by Gasteiger charge is 2.22. The van der Waals surface area contributed by atoms with Crippen LogP contribution >= 0.6 is 11.6 Å².